The second-order valence-electron chi connectivity index (χ2n) is 6.79. The first-order valence-corrected chi connectivity index (χ1v) is 9.04. The minimum atomic E-state index is -0.168. The second-order valence-corrected chi connectivity index (χ2v) is 7.20. The first kappa shape index (κ1) is 18.3. The number of benzene rings is 1. The van der Waals surface area contributed by atoms with Crippen LogP contribution in [0.25, 0.3) is 17.1 Å². The topological polar surface area (TPSA) is 51.9 Å². The van der Waals surface area contributed by atoms with Crippen LogP contribution in [0.3, 0.4) is 0 Å². The van der Waals surface area contributed by atoms with Crippen molar-refractivity contribution >= 4 is 17.5 Å². The Morgan fingerprint density at radius 1 is 1.15 bits per heavy atom. The van der Waals surface area contributed by atoms with Crippen molar-refractivity contribution in [2.45, 2.75) is 26.8 Å². The molecule has 2 aromatic heterocycles. The fraction of sp³-hybridized carbons (Fsp3) is 0.300. The predicted molar refractivity (Wildman–Crippen MR) is 105 cm³/mol. The summed E-state index contributed by atoms with van der Waals surface area (Å²) in [6.45, 7) is 6.15. The number of aromatic nitrogens is 3. The zero-order valence-corrected chi connectivity index (χ0v) is 16.2. The lowest BCUT2D eigenvalue weighted by Crippen LogP contribution is -2.37. The predicted octanol–water partition coefficient (Wildman–Crippen LogP) is 4.31. The number of carbonyl (C=O) groups is 1. The minimum Gasteiger partial charge on any atom is -0.349 e. The molecule has 3 aromatic rings. The van der Waals surface area contributed by atoms with Crippen LogP contribution >= 0.6 is 11.6 Å². The van der Waals surface area contributed by atoms with E-state index in [9.17, 15) is 4.79 Å². The van der Waals surface area contributed by atoms with Gasteiger partial charge in [-0.1, -0.05) is 37.6 Å². The molecular formula is C20H23ClN4O. The number of amides is 1. The van der Waals surface area contributed by atoms with Crippen LogP contribution < -0.4 is 5.32 Å². The van der Waals surface area contributed by atoms with Gasteiger partial charge in [0.15, 0.2) is 0 Å². The highest BCUT2D eigenvalue weighted by Crippen LogP contribution is 2.25. The van der Waals surface area contributed by atoms with Crippen molar-refractivity contribution in [2.75, 3.05) is 0 Å². The molecule has 0 aliphatic heterocycles. The Hall–Kier alpha value is -2.53. The van der Waals surface area contributed by atoms with Crippen molar-refractivity contribution in [1.82, 2.24) is 19.7 Å². The average Bonchev–Trinajstić information content (AvgIpc) is 3.21. The van der Waals surface area contributed by atoms with Gasteiger partial charge in [0.05, 0.1) is 16.4 Å². The third-order valence-corrected chi connectivity index (χ3v) is 4.91. The molecule has 1 unspecified atom stereocenters. The van der Waals surface area contributed by atoms with E-state index in [4.69, 9.17) is 11.6 Å². The van der Waals surface area contributed by atoms with Crippen LogP contribution in [0.1, 0.15) is 31.3 Å². The van der Waals surface area contributed by atoms with Gasteiger partial charge in [0.1, 0.15) is 11.4 Å². The monoisotopic (exact) mass is 370 g/mol. The molecule has 1 N–H and O–H groups in total. The summed E-state index contributed by atoms with van der Waals surface area (Å²) < 4.78 is 3.59. The van der Waals surface area contributed by atoms with Crippen molar-refractivity contribution in [2.24, 2.45) is 13.0 Å². The Morgan fingerprint density at radius 3 is 2.50 bits per heavy atom. The molecule has 1 aromatic carbocycles. The van der Waals surface area contributed by atoms with E-state index in [1.807, 2.05) is 55.1 Å². The third-order valence-electron chi connectivity index (χ3n) is 4.59. The SMILES string of the molecule is CC(C)C(C)NC(=O)c1cc(-c2cccn2C)nn1-c1ccccc1Cl. The molecule has 1 amide bonds. The van der Waals surface area contributed by atoms with Crippen molar-refractivity contribution in [3.63, 3.8) is 0 Å². The molecule has 2 heterocycles. The maximum absolute atomic E-state index is 12.9. The number of halogens is 1. The first-order valence-electron chi connectivity index (χ1n) is 8.66. The fourth-order valence-corrected chi connectivity index (χ4v) is 2.87. The van der Waals surface area contributed by atoms with Crippen LogP contribution in [0.15, 0.2) is 48.7 Å². The average molecular weight is 371 g/mol. The quantitative estimate of drug-likeness (QED) is 0.727. The summed E-state index contributed by atoms with van der Waals surface area (Å²) in [5.74, 6) is 0.169. The molecule has 0 saturated heterocycles. The van der Waals surface area contributed by atoms with Crippen molar-refractivity contribution < 1.29 is 4.79 Å². The van der Waals surface area contributed by atoms with Crippen LogP contribution in [-0.4, -0.2) is 26.3 Å². The highest BCUT2D eigenvalue weighted by Gasteiger charge is 2.21. The number of aryl methyl sites for hydroxylation is 1. The van der Waals surface area contributed by atoms with Crippen LogP contribution in [0.2, 0.25) is 5.02 Å². The van der Waals surface area contributed by atoms with E-state index in [1.54, 1.807) is 16.8 Å². The van der Waals surface area contributed by atoms with Crippen LogP contribution in [0, 0.1) is 5.92 Å². The number of rotatable bonds is 5. The van der Waals surface area contributed by atoms with E-state index in [-0.39, 0.29) is 11.9 Å². The highest BCUT2D eigenvalue weighted by molar-refractivity contribution is 6.32. The second kappa shape index (κ2) is 7.38. The number of nitrogens with one attached hydrogen (secondary N) is 1. The summed E-state index contributed by atoms with van der Waals surface area (Å²) in [6, 6.07) is 13.2. The molecule has 3 rings (SSSR count). The zero-order valence-electron chi connectivity index (χ0n) is 15.4. The van der Waals surface area contributed by atoms with Crippen LogP contribution in [0.4, 0.5) is 0 Å². The largest absolute Gasteiger partial charge is 0.349 e. The molecule has 26 heavy (non-hydrogen) atoms. The summed E-state index contributed by atoms with van der Waals surface area (Å²) in [4.78, 5) is 12.9. The molecule has 0 spiro atoms. The van der Waals surface area contributed by atoms with Crippen molar-refractivity contribution in [3.8, 4) is 17.1 Å². The first-order chi connectivity index (χ1) is 12.4. The van der Waals surface area contributed by atoms with Gasteiger partial charge in [-0.3, -0.25) is 4.79 Å². The van der Waals surface area contributed by atoms with Gasteiger partial charge < -0.3 is 9.88 Å². The lowest BCUT2D eigenvalue weighted by atomic mass is 10.1. The molecule has 1 atom stereocenters. The van der Waals surface area contributed by atoms with Gasteiger partial charge in [0.2, 0.25) is 0 Å². The van der Waals surface area contributed by atoms with Crippen molar-refractivity contribution in [1.29, 1.82) is 0 Å². The van der Waals surface area contributed by atoms with E-state index in [2.05, 4.69) is 24.3 Å². The van der Waals surface area contributed by atoms with Gasteiger partial charge in [0, 0.05) is 19.3 Å². The summed E-state index contributed by atoms with van der Waals surface area (Å²) in [5, 5.41) is 8.26. The smallest absolute Gasteiger partial charge is 0.270 e. The van der Waals surface area contributed by atoms with Gasteiger partial charge in [-0.05, 0) is 43.2 Å². The molecule has 0 fully saturated rings. The summed E-state index contributed by atoms with van der Waals surface area (Å²) >= 11 is 6.36. The van der Waals surface area contributed by atoms with E-state index in [0.29, 0.717) is 22.3 Å². The number of hydrogen-bond donors (Lipinski definition) is 1. The summed E-state index contributed by atoms with van der Waals surface area (Å²) in [5.41, 5.74) is 2.79. The highest BCUT2D eigenvalue weighted by atomic mass is 35.5. The van der Waals surface area contributed by atoms with E-state index < -0.39 is 0 Å². The Bertz CT molecular complexity index is 926. The van der Waals surface area contributed by atoms with Crippen LogP contribution in [-0.2, 0) is 7.05 Å². The molecule has 0 saturated carbocycles. The van der Waals surface area contributed by atoms with Gasteiger partial charge in [-0.25, -0.2) is 4.68 Å². The third kappa shape index (κ3) is 3.53. The lowest BCUT2D eigenvalue weighted by molar-refractivity contribution is 0.0922. The molecular weight excluding hydrogens is 348 g/mol. The standard InChI is InChI=1S/C20H23ClN4O/c1-13(2)14(3)22-20(26)19-12-16(18-10-7-11-24(18)4)23-25(19)17-9-6-5-8-15(17)21/h5-14H,1-4H3,(H,22,26). The maximum atomic E-state index is 12.9. The normalized spacial score (nSPS) is 12.4. The molecule has 6 heteroatoms. The minimum absolute atomic E-state index is 0.0515. The molecule has 0 radical (unpaired) electrons. The number of nitrogens with zero attached hydrogens (tertiary/aromatic N) is 3. The molecule has 0 bridgehead atoms. The van der Waals surface area contributed by atoms with Crippen LogP contribution in [0.5, 0.6) is 0 Å². The number of para-hydroxylation sites is 1. The summed E-state index contributed by atoms with van der Waals surface area (Å²) in [7, 11) is 1.95. The van der Waals surface area contributed by atoms with E-state index in [1.165, 1.54) is 0 Å². The molecule has 5 nitrogen and oxygen atoms in total. The Balaban J connectivity index is 2.09. The molecule has 136 valence electrons. The van der Waals surface area contributed by atoms with Gasteiger partial charge in [-0.2, -0.15) is 5.10 Å². The molecule has 0 aliphatic carbocycles. The van der Waals surface area contributed by atoms with E-state index in [0.717, 1.165) is 11.4 Å². The fourth-order valence-electron chi connectivity index (χ4n) is 2.65. The van der Waals surface area contributed by atoms with E-state index >= 15 is 0 Å². The number of hydrogen-bond acceptors (Lipinski definition) is 2. The van der Waals surface area contributed by atoms with Crippen molar-refractivity contribution in [3.05, 3.63) is 59.4 Å². The van der Waals surface area contributed by atoms with Gasteiger partial charge >= 0.3 is 0 Å². The summed E-state index contributed by atoms with van der Waals surface area (Å²) in [6.07, 6.45) is 1.95. The van der Waals surface area contributed by atoms with Gasteiger partial charge in [0.25, 0.3) is 5.91 Å². The maximum Gasteiger partial charge on any atom is 0.270 e. The Morgan fingerprint density at radius 2 is 1.88 bits per heavy atom. The zero-order chi connectivity index (χ0) is 18.8. The Labute approximate surface area is 158 Å². The van der Waals surface area contributed by atoms with Gasteiger partial charge in [-0.15, -0.1) is 0 Å². The Kier molecular flexibility index (Phi) is 5.18. The molecule has 0 aliphatic rings. The lowest BCUT2D eigenvalue weighted by Gasteiger charge is -2.17. The number of carbonyl (C=O) groups excluding carboxylic acids is 1.